The first-order valence-corrected chi connectivity index (χ1v) is 10.8. The summed E-state index contributed by atoms with van der Waals surface area (Å²) in [5.41, 5.74) is 3.78. The molecule has 1 saturated heterocycles. The van der Waals surface area contributed by atoms with Gasteiger partial charge in [0.25, 0.3) is 0 Å². The molecule has 1 unspecified atom stereocenters. The Bertz CT molecular complexity index is 625. The molecule has 1 atom stereocenters. The van der Waals surface area contributed by atoms with Gasteiger partial charge in [0.2, 0.25) is 0 Å². The number of halogens is 1. The lowest BCUT2D eigenvalue weighted by atomic mass is 10.0. The average Bonchev–Trinajstić information content (AvgIpc) is 3.01. The zero-order valence-corrected chi connectivity index (χ0v) is 21.5. The van der Waals surface area contributed by atoms with Crippen LogP contribution in [0.1, 0.15) is 51.1 Å². The lowest BCUT2D eigenvalue weighted by molar-refractivity contribution is 0.0132. The van der Waals surface area contributed by atoms with Crippen LogP contribution < -0.4 is 10.6 Å². The number of guanidine groups is 1. The van der Waals surface area contributed by atoms with Gasteiger partial charge in [0, 0.05) is 57.6 Å². The maximum Gasteiger partial charge on any atom is 0.191 e. The van der Waals surface area contributed by atoms with E-state index in [0.29, 0.717) is 12.0 Å². The van der Waals surface area contributed by atoms with Crippen LogP contribution in [0.5, 0.6) is 0 Å². The molecule has 2 heterocycles. The summed E-state index contributed by atoms with van der Waals surface area (Å²) in [6, 6.07) is 0.498. The van der Waals surface area contributed by atoms with Gasteiger partial charge in [-0.1, -0.05) is 27.7 Å². The fourth-order valence-corrected chi connectivity index (χ4v) is 4.05. The molecule has 0 amide bonds. The van der Waals surface area contributed by atoms with Crippen molar-refractivity contribution in [1.82, 2.24) is 25.3 Å². The normalized spacial score (nSPS) is 16.6. The number of aliphatic imine (C=N–C) groups is 1. The van der Waals surface area contributed by atoms with Gasteiger partial charge in [-0.15, -0.1) is 24.0 Å². The molecule has 1 aromatic heterocycles. The van der Waals surface area contributed by atoms with Gasteiger partial charge < -0.3 is 15.4 Å². The summed E-state index contributed by atoms with van der Waals surface area (Å²) < 4.78 is 7.55. The third-order valence-corrected chi connectivity index (χ3v) is 5.49. The Morgan fingerprint density at radius 2 is 1.86 bits per heavy atom. The molecule has 168 valence electrons. The van der Waals surface area contributed by atoms with E-state index >= 15 is 0 Å². The van der Waals surface area contributed by atoms with Gasteiger partial charge >= 0.3 is 0 Å². The monoisotopic (exact) mass is 520 g/mol. The molecule has 0 bridgehead atoms. The van der Waals surface area contributed by atoms with Crippen LogP contribution >= 0.6 is 24.0 Å². The van der Waals surface area contributed by atoms with E-state index in [9.17, 15) is 0 Å². The maximum atomic E-state index is 5.53. The molecule has 0 spiro atoms. The van der Waals surface area contributed by atoms with Crippen LogP contribution in [0.15, 0.2) is 4.99 Å². The van der Waals surface area contributed by atoms with Crippen LogP contribution in [-0.4, -0.2) is 66.6 Å². The first-order valence-electron chi connectivity index (χ1n) is 10.8. The minimum absolute atomic E-state index is 0. The van der Waals surface area contributed by atoms with Crippen molar-refractivity contribution in [1.29, 1.82) is 0 Å². The fourth-order valence-electron chi connectivity index (χ4n) is 4.05. The van der Waals surface area contributed by atoms with Crippen molar-refractivity contribution in [2.75, 3.05) is 39.9 Å². The molecular weight excluding hydrogens is 479 g/mol. The standard InChI is InChI=1S/C21H40N6O.HI/c1-7-19-18(20(8-2)26(6)25-19)15-24-21(22-5)23-14-17(13-16(3)4)27-9-11-28-12-10-27;/h16-17H,7-15H2,1-6H3,(H2,22,23,24);1H. The van der Waals surface area contributed by atoms with Gasteiger partial charge in [-0.25, -0.2) is 0 Å². The number of nitrogens with zero attached hydrogens (tertiary/aromatic N) is 4. The number of rotatable bonds is 9. The Kier molecular flexibility index (Phi) is 12.1. The van der Waals surface area contributed by atoms with Gasteiger partial charge in [0.15, 0.2) is 5.96 Å². The zero-order valence-electron chi connectivity index (χ0n) is 19.1. The Morgan fingerprint density at radius 3 is 2.41 bits per heavy atom. The molecule has 0 aromatic carbocycles. The van der Waals surface area contributed by atoms with Crippen molar-refractivity contribution < 1.29 is 4.74 Å². The Labute approximate surface area is 194 Å². The number of aromatic nitrogens is 2. The quantitative estimate of drug-likeness (QED) is 0.298. The third kappa shape index (κ3) is 7.71. The first kappa shape index (κ1) is 26.2. The third-order valence-electron chi connectivity index (χ3n) is 5.49. The smallest absolute Gasteiger partial charge is 0.191 e. The summed E-state index contributed by atoms with van der Waals surface area (Å²) in [4.78, 5) is 6.99. The predicted molar refractivity (Wildman–Crippen MR) is 131 cm³/mol. The Morgan fingerprint density at radius 1 is 1.17 bits per heavy atom. The number of aryl methyl sites for hydroxylation is 2. The molecule has 0 radical (unpaired) electrons. The molecule has 8 heteroatoms. The van der Waals surface area contributed by atoms with E-state index < -0.39 is 0 Å². The van der Waals surface area contributed by atoms with E-state index in [-0.39, 0.29) is 24.0 Å². The second kappa shape index (κ2) is 13.4. The second-order valence-electron chi connectivity index (χ2n) is 7.94. The van der Waals surface area contributed by atoms with Crippen molar-refractivity contribution in [3.05, 3.63) is 17.0 Å². The topological polar surface area (TPSA) is 66.7 Å². The highest BCUT2D eigenvalue weighted by Crippen LogP contribution is 2.15. The highest BCUT2D eigenvalue weighted by molar-refractivity contribution is 14.0. The minimum atomic E-state index is 0. The predicted octanol–water partition coefficient (Wildman–Crippen LogP) is 2.57. The lowest BCUT2D eigenvalue weighted by Gasteiger charge is -2.35. The number of hydrogen-bond acceptors (Lipinski definition) is 4. The Balaban J connectivity index is 0.00000420. The second-order valence-corrected chi connectivity index (χ2v) is 7.94. The Hall–Kier alpha value is -0.870. The molecule has 29 heavy (non-hydrogen) atoms. The van der Waals surface area contributed by atoms with Gasteiger partial charge in [0.1, 0.15) is 0 Å². The summed E-state index contributed by atoms with van der Waals surface area (Å²) in [5.74, 6) is 1.52. The van der Waals surface area contributed by atoms with E-state index in [1.807, 2.05) is 18.8 Å². The SMILES string of the molecule is CCc1nn(C)c(CC)c1CNC(=NC)NCC(CC(C)C)N1CCOCC1.I. The number of nitrogens with one attached hydrogen (secondary N) is 2. The first-order chi connectivity index (χ1) is 13.5. The highest BCUT2D eigenvalue weighted by atomic mass is 127. The summed E-state index contributed by atoms with van der Waals surface area (Å²) in [5, 5.41) is 11.7. The van der Waals surface area contributed by atoms with Crippen LogP contribution in [0.25, 0.3) is 0 Å². The number of hydrogen-bond donors (Lipinski definition) is 2. The summed E-state index contributed by atoms with van der Waals surface area (Å²) in [6.45, 7) is 14.3. The van der Waals surface area contributed by atoms with Crippen molar-refractivity contribution in [2.45, 2.75) is 59.5 Å². The lowest BCUT2D eigenvalue weighted by Crippen LogP contribution is -2.51. The molecule has 1 fully saturated rings. The van der Waals surface area contributed by atoms with Crippen LogP contribution in [-0.2, 0) is 31.2 Å². The molecule has 1 aliphatic heterocycles. The molecule has 7 nitrogen and oxygen atoms in total. The van der Waals surface area contributed by atoms with Gasteiger partial charge in [-0.05, 0) is 25.2 Å². The van der Waals surface area contributed by atoms with Crippen molar-refractivity contribution in [3.8, 4) is 0 Å². The summed E-state index contributed by atoms with van der Waals surface area (Å²) >= 11 is 0. The average molecular weight is 521 g/mol. The van der Waals surface area contributed by atoms with Crippen LogP contribution in [0.3, 0.4) is 0 Å². The zero-order chi connectivity index (χ0) is 20.5. The van der Waals surface area contributed by atoms with Crippen LogP contribution in [0.4, 0.5) is 0 Å². The largest absolute Gasteiger partial charge is 0.379 e. The van der Waals surface area contributed by atoms with Crippen LogP contribution in [0, 0.1) is 5.92 Å². The van der Waals surface area contributed by atoms with Crippen molar-refractivity contribution in [2.24, 2.45) is 18.0 Å². The molecular formula is C21H41IN6O. The molecule has 0 aliphatic carbocycles. The van der Waals surface area contributed by atoms with E-state index in [1.54, 1.807) is 0 Å². The van der Waals surface area contributed by atoms with E-state index in [2.05, 4.69) is 53.3 Å². The summed E-state index contributed by atoms with van der Waals surface area (Å²) in [6.07, 6.45) is 3.11. The van der Waals surface area contributed by atoms with E-state index in [4.69, 9.17) is 4.74 Å². The number of ether oxygens (including phenoxy) is 1. The van der Waals surface area contributed by atoms with E-state index in [1.165, 1.54) is 23.4 Å². The minimum Gasteiger partial charge on any atom is -0.379 e. The van der Waals surface area contributed by atoms with Gasteiger partial charge in [-0.3, -0.25) is 14.6 Å². The van der Waals surface area contributed by atoms with Crippen LogP contribution in [0.2, 0.25) is 0 Å². The fraction of sp³-hybridized carbons (Fsp3) is 0.810. The number of morpholine rings is 1. The van der Waals surface area contributed by atoms with Crippen molar-refractivity contribution in [3.63, 3.8) is 0 Å². The molecule has 1 aliphatic rings. The van der Waals surface area contributed by atoms with Gasteiger partial charge in [0.05, 0.1) is 18.9 Å². The maximum absolute atomic E-state index is 5.53. The molecule has 2 rings (SSSR count). The summed E-state index contributed by atoms with van der Waals surface area (Å²) in [7, 11) is 3.87. The van der Waals surface area contributed by atoms with Crippen molar-refractivity contribution >= 4 is 29.9 Å². The van der Waals surface area contributed by atoms with E-state index in [0.717, 1.165) is 58.2 Å². The highest BCUT2D eigenvalue weighted by Gasteiger charge is 2.22. The van der Waals surface area contributed by atoms with Gasteiger partial charge in [-0.2, -0.15) is 5.10 Å². The molecule has 2 N–H and O–H groups in total. The molecule has 1 aromatic rings. The molecule has 0 saturated carbocycles.